The van der Waals surface area contributed by atoms with Gasteiger partial charge in [-0.05, 0) is 18.4 Å². The molecular weight excluding hydrogens is 231 g/mol. The van der Waals surface area contributed by atoms with Crippen LogP contribution >= 0.6 is 0 Å². The summed E-state index contributed by atoms with van der Waals surface area (Å²) in [5.74, 6) is 0. The van der Waals surface area contributed by atoms with Crippen LogP contribution < -0.4 is 0 Å². The number of halogens is 3. The molecule has 0 aliphatic rings. The number of aromatic nitrogens is 1. The fraction of sp³-hybridized carbons (Fsp3) is 0.583. The molecule has 17 heavy (non-hydrogen) atoms. The Labute approximate surface area is 98.5 Å². The highest BCUT2D eigenvalue weighted by atomic mass is 19.4. The first-order valence-electron chi connectivity index (χ1n) is 5.22. The average molecular weight is 247 g/mol. The van der Waals surface area contributed by atoms with Gasteiger partial charge in [0.1, 0.15) is 0 Å². The Hall–Kier alpha value is -1.10. The summed E-state index contributed by atoms with van der Waals surface area (Å²) in [5, 5.41) is 10.3. The fourth-order valence-electron chi connectivity index (χ4n) is 1.43. The van der Waals surface area contributed by atoms with Crippen molar-refractivity contribution < 1.29 is 18.3 Å². The van der Waals surface area contributed by atoms with Gasteiger partial charge in [0.15, 0.2) is 0 Å². The Morgan fingerprint density at radius 1 is 1.06 bits per heavy atom. The quantitative estimate of drug-likeness (QED) is 0.825. The maximum Gasteiger partial charge on any atom is 0.416 e. The number of pyridine rings is 1. The molecule has 2 nitrogen and oxygen atoms in total. The first-order chi connectivity index (χ1) is 7.48. The minimum absolute atomic E-state index is 0.194. The van der Waals surface area contributed by atoms with Crippen LogP contribution in [0.5, 0.6) is 0 Å². The topological polar surface area (TPSA) is 33.1 Å². The third-order valence-electron chi connectivity index (χ3n) is 3.11. The first-order valence-corrected chi connectivity index (χ1v) is 5.22. The Morgan fingerprint density at radius 3 is 2.00 bits per heavy atom. The number of hydrogen-bond acceptors (Lipinski definition) is 2. The normalized spacial score (nSPS) is 16.7. The van der Waals surface area contributed by atoms with Gasteiger partial charge in [0, 0.05) is 18.0 Å². The van der Waals surface area contributed by atoms with Gasteiger partial charge >= 0.3 is 6.18 Å². The van der Waals surface area contributed by atoms with Crippen LogP contribution in [0, 0.1) is 5.41 Å². The van der Waals surface area contributed by atoms with Crippen LogP contribution in [-0.2, 0) is 11.8 Å². The molecule has 1 unspecified atom stereocenters. The van der Waals surface area contributed by atoms with E-state index in [1.165, 1.54) is 6.92 Å². The molecule has 1 heterocycles. The molecule has 0 saturated carbocycles. The van der Waals surface area contributed by atoms with Crippen LogP contribution in [0.3, 0.4) is 0 Å². The van der Waals surface area contributed by atoms with Crippen LogP contribution in [0.1, 0.15) is 38.8 Å². The van der Waals surface area contributed by atoms with Gasteiger partial charge in [-0.3, -0.25) is 4.98 Å². The van der Waals surface area contributed by atoms with Crippen molar-refractivity contribution in [3.05, 3.63) is 29.6 Å². The van der Waals surface area contributed by atoms with Crippen LogP contribution in [0.25, 0.3) is 0 Å². The summed E-state index contributed by atoms with van der Waals surface area (Å²) in [6.45, 7) is 6.42. The molecule has 0 fully saturated rings. The zero-order chi connectivity index (χ0) is 13.5. The van der Waals surface area contributed by atoms with Crippen molar-refractivity contribution in [3.8, 4) is 0 Å². The van der Waals surface area contributed by atoms with E-state index < -0.39 is 22.8 Å². The van der Waals surface area contributed by atoms with E-state index in [0.717, 1.165) is 18.5 Å². The molecule has 0 aliphatic carbocycles. The van der Waals surface area contributed by atoms with E-state index in [1.807, 2.05) is 0 Å². The number of alkyl halides is 3. The van der Waals surface area contributed by atoms with Crippen LogP contribution in [0.4, 0.5) is 13.2 Å². The predicted molar refractivity (Wildman–Crippen MR) is 58.3 cm³/mol. The van der Waals surface area contributed by atoms with Gasteiger partial charge in [-0.25, -0.2) is 0 Å². The highest BCUT2D eigenvalue weighted by molar-refractivity contribution is 5.32. The number of nitrogens with zero attached hydrogens (tertiary/aromatic N) is 1. The lowest BCUT2D eigenvalue weighted by Crippen LogP contribution is -2.38. The highest BCUT2D eigenvalue weighted by Gasteiger charge is 2.44. The zero-order valence-electron chi connectivity index (χ0n) is 10.3. The summed E-state index contributed by atoms with van der Waals surface area (Å²) in [7, 11) is 0. The second-order valence-electron chi connectivity index (χ2n) is 5.24. The molecule has 5 heteroatoms. The van der Waals surface area contributed by atoms with Crippen molar-refractivity contribution in [1.29, 1.82) is 0 Å². The minimum atomic E-state index is -4.49. The lowest BCUT2D eigenvalue weighted by molar-refractivity contribution is -0.143. The summed E-state index contributed by atoms with van der Waals surface area (Å²) in [6, 6.07) is 0.884. The summed E-state index contributed by atoms with van der Waals surface area (Å²) < 4.78 is 38.5. The van der Waals surface area contributed by atoms with Crippen molar-refractivity contribution in [2.24, 2.45) is 5.41 Å². The molecule has 0 bridgehead atoms. The predicted octanol–water partition coefficient (Wildman–Crippen LogP) is 3.35. The molecule has 1 N–H and O–H groups in total. The first kappa shape index (κ1) is 14.0. The number of aliphatic hydroxyl groups is 1. The summed E-state index contributed by atoms with van der Waals surface area (Å²) >= 11 is 0. The molecule has 0 aliphatic heterocycles. The Kier molecular flexibility index (Phi) is 3.27. The Morgan fingerprint density at radius 2 is 1.59 bits per heavy atom. The molecule has 1 rings (SSSR count). The molecule has 0 radical (unpaired) electrons. The van der Waals surface area contributed by atoms with Crippen molar-refractivity contribution >= 4 is 0 Å². The van der Waals surface area contributed by atoms with Crippen LogP contribution in [0.2, 0.25) is 0 Å². The zero-order valence-corrected chi connectivity index (χ0v) is 10.3. The van der Waals surface area contributed by atoms with Gasteiger partial charge in [0.05, 0.1) is 11.2 Å². The maximum atomic E-state index is 12.8. The van der Waals surface area contributed by atoms with Crippen molar-refractivity contribution in [2.45, 2.75) is 39.5 Å². The van der Waals surface area contributed by atoms with E-state index in [1.54, 1.807) is 20.8 Å². The molecule has 0 saturated heterocycles. The SMILES string of the molecule is CC(C)(C)C(C)(O)c1cnccc1C(F)(F)F. The van der Waals surface area contributed by atoms with E-state index in [0.29, 0.717) is 0 Å². The van der Waals surface area contributed by atoms with Gasteiger partial charge in [0.25, 0.3) is 0 Å². The van der Waals surface area contributed by atoms with Gasteiger partial charge in [-0.2, -0.15) is 13.2 Å². The van der Waals surface area contributed by atoms with Gasteiger partial charge in [-0.1, -0.05) is 20.8 Å². The van der Waals surface area contributed by atoms with Crippen LogP contribution in [-0.4, -0.2) is 10.1 Å². The summed E-state index contributed by atoms with van der Waals surface area (Å²) in [6.07, 6.45) is -2.34. The molecule has 0 aromatic carbocycles. The third kappa shape index (κ3) is 2.60. The van der Waals surface area contributed by atoms with Crippen molar-refractivity contribution in [3.63, 3.8) is 0 Å². The molecule has 0 spiro atoms. The maximum absolute atomic E-state index is 12.8. The summed E-state index contributed by atoms with van der Waals surface area (Å²) in [5.41, 5.74) is -3.37. The van der Waals surface area contributed by atoms with Gasteiger partial charge < -0.3 is 5.11 Å². The van der Waals surface area contributed by atoms with Gasteiger partial charge in [0.2, 0.25) is 0 Å². The molecule has 1 atom stereocenters. The molecule has 1 aromatic rings. The highest BCUT2D eigenvalue weighted by Crippen LogP contribution is 2.43. The van der Waals surface area contributed by atoms with E-state index in [9.17, 15) is 18.3 Å². The molecule has 0 amide bonds. The second-order valence-corrected chi connectivity index (χ2v) is 5.24. The Bertz CT molecular complexity index is 405. The minimum Gasteiger partial charge on any atom is -0.385 e. The standard InChI is InChI=1S/C12H16F3NO/c1-10(2,3)11(4,17)9-7-16-6-5-8(9)12(13,14)15/h5-7,17H,1-4H3. The van der Waals surface area contributed by atoms with E-state index in [2.05, 4.69) is 4.98 Å². The smallest absolute Gasteiger partial charge is 0.385 e. The number of hydrogen-bond donors (Lipinski definition) is 1. The van der Waals surface area contributed by atoms with E-state index in [-0.39, 0.29) is 5.56 Å². The molecular formula is C12H16F3NO. The molecule has 96 valence electrons. The lowest BCUT2D eigenvalue weighted by atomic mass is 9.72. The van der Waals surface area contributed by atoms with E-state index >= 15 is 0 Å². The van der Waals surface area contributed by atoms with E-state index in [4.69, 9.17) is 0 Å². The van der Waals surface area contributed by atoms with Crippen molar-refractivity contribution in [1.82, 2.24) is 4.98 Å². The lowest BCUT2D eigenvalue weighted by Gasteiger charge is -2.38. The van der Waals surface area contributed by atoms with Crippen molar-refractivity contribution in [2.75, 3.05) is 0 Å². The molecule has 1 aromatic heterocycles. The number of rotatable bonds is 1. The summed E-state index contributed by atoms with van der Waals surface area (Å²) in [4.78, 5) is 3.68. The second kappa shape index (κ2) is 3.98. The van der Waals surface area contributed by atoms with Crippen LogP contribution in [0.15, 0.2) is 18.5 Å². The fourth-order valence-corrected chi connectivity index (χ4v) is 1.43. The Balaban J connectivity index is 3.43. The third-order valence-corrected chi connectivity index (χ3v) is 3.11. The largest absolute Gasteiger partial charge is 0.416 e. The monoisotopic (exact) mass is 247 g/mol. The van der Waals surface area contributed by atoms with Gasteiger partial charge in [-0.15, -0.1) is 0 Å². The average Bonchev–Trinajstić information content (AvgIpc) is 2.14.